The van der Waals surface area contributed by atoms with E-state index in [0.717, 1.165) is 0 Å². The number of rotatable bonds is 1. The zero-order chi connectivity index (χ0) is 21.8. The zero-order valence-electron chi connectivity index (χ0n) is 18.1. The van der Waals surface area contributed by atoms with Gasteiger partial charge in [-0.15, -0.1) is 0 Å². The minimum Gasteiger partial charge on any atom is -0.459 e. The maximum absolute atomic E-state index is 12.1. The van der Waals surface area contributed by atoms with Crippen molar-refractivity contribution in [3.63, 3.8) is 0 Å². The van der Waals surface area contributed by atoms with Gasteiger partial charge in [0.15, 0.2) is 0 Å². The van der Waals surface area contributed by atoms with E-state index in [1.807, 2.05) is 0 Å². The fourth-order valence-electron chi connectivity index (χ4n) is 8.10. The molecule has 0 radical (unpaired) electrons. The number of fused-ring (bicyclic) bond motifs is 2. The molecule has 4 rings (SSSR count). The summed E-state index contributed by atoms with van der Waals surface area (Å²) in [4.78, 5) is 12.0. The number of ether oxygens (including phenoxy) is 1. The SMILES string of the molecule is CC(=O)O[C@H]1C[C@]23C[C@@](C)(O)[C@H](CC[C@H]2[C@@](C)(O)[C@@H]2C[C@H](O)C(C)(C)[C@@]12O)[C@H]3O. The quantitative estimate of drug-likeness (QED) is 0.402. The Bertz CT molecular complexity index is 716. The third kappa shape index (κ3) is 2.45. The zero-order valence-corrected chi connectivity index (χ0v) is 18.1. The Morgan fingerprint density at radius 3 is 2.21 bits per heavy atom. The summed E-state index contributed by atoms with van der Waals surface area (Å²) in [5.74, 6) is -2.00. The molecule has 29 heavy (non-hydrogen) atoms. The smallest absolute Gasteiger partial charge is 0.303 e. The lowest BCUT2D eigenvalue weighted by Crippen LogP contribution is -2.61. The number of esters is 1. The van der Waals surface area contributed by atoms with E-state index in [1.54, 1.807) is 27.7 Å². The Kier molecular flexibility index (Phi) is 4.41. The van der Waals surface area contributed by atoms with Crippen LogP contribution in [0.5, 0.6) is 0 Å². The van der Waals surface area contributed by atoms with Crippen molar-refractivity contribution in [3.05, 3.63) is 0 Å². The standard InChI is InChI=1S/C22H36O7/c1-11(23)29-16-9-21-10-19(4,26)12(17(21)25)6-7-13(21)20(5,27)14-8-15(24)18(2,3)22(14,16)28/h12-17,24-28H,6-10H2,1-5H3/t12-,13+,14+,15+,16+,17-,19-,20-,21+,22+/m1/s1. The van der Waals surface area contributed by atoms with Crippen molar-refractivity contribution in [1.82, 2.24) is 0 Å². The van der Waals surface area contributed by atoms with E-state index >= 15 is 0 Å². The second-order valence-electron chi connectivity index (χ2n) is 11.3. The van der Waals surface area contributed by atoms with Gasteiger partial charge < -0.3 is 30.3 Å². The van der Waals surface area contributed by atoms with Crippen molar-refractivity contribution in [2.45, 2.75) is 102 Å². The first-order valence-electron chi connectivity index (χ1n) is 10.8. The van der Waals surface area contributed by atoms with Crippen LogP contribution in [0.15, 0.2) is 0 Å². The summed E-state index contributed by atoms with van der Waals surface area (Å²) in [6, 6.07) is 0. The molecule has 4 saturated carbocycles. The largest absolute Gasteiger partial charge is 0.459 e. The summed E-state index contributed by atoms with van der Waals surface area (Å²) in [5.41, 5.74) is -6.08. The van der Waals surface area contributed by atoms with Gasteiger partial charge in [-0.3, -0.25) is 4.79 Å². The molecule has 166 valence electrons. The first-order valence-corrected chi connectivity index (χ1v) is 10.8. The number of hydrogen-bond donors (Lipinski definition) is 5. The van der Waals surface area contributed by atoms with Gasteiger partial charge in [0, 0.05) is 29.6 Å². The van der Waals surface area contributed by atoms with Crippen LogP contribution < -0.4 is 0 Å². The Hall–Kier alpha value is -0.730. The molecular formula is C22H36O7. The predicted molar refractivity (Wildman–Crippen MR) is 104 cm³/mol. The molecule has 7 nitrogen and oxygen atoms in total. The van der Waals surface area contributed by atoms with Crippen molar-refractivity contribution >= 4 is 5.97 Å². The van der Waals surface area contributed by atoms with Crippen LogP contribution in [0.1, 0.15) is 66.7 Å². The summed E-state index contributed by atoms with van der Waals surface area (Å²) in [6.45, 7) is 8.16. The highest BCUT2D eigenvalue weighted by molar-refractivity contribution is 5.66. The lowest BCUT2D eigenvalue weighted by molar-refractivity contribution is -0.213. The van der Waals surface area contributed by atoms with Crippen LogP contribution in [0.2, 0.25) is 0 Å². The van der Waals surface area contributed by atoms with E-state index in [-0.39, 0.29) is 25.2 Å². The highest BCUT2D eigenvalue weighted by atomic mass is 16.6. The van der Waals surface area contributed by atoms with Crippen LogP contribution in [0.4, 0.5) is 0 Å². The van der Waals surface area contributed by atoms with Crippen LogP contribution in [0, 0.1) is 28.6 Å². The van der Waals surface area contributed by atoms with Gasteiger partial charge in [0.05, 0.1) is 23.4 Å². The minimum absolute atomic E-state index is 0.143. The van der Waals surface area contributed by atoms with Gasteiger partial charge in [0.2, 0.25) is 0 Å². The maximum atomic E-state index is 12.1. The van der Waals surface area contributed by atoms with Crippen LogP contribution in [0.25, 0.3) is 0 Å². The highest BCUT2D eigenvalue weighted by Crippen LogP contribution is 2.70. The number of carbonyl (C=O) groups excluding carboxylic acids is 1. The Labute approximate surface area is 172 Å². The molecule has 10 atom stereocenters. The van der Waals surface area contributed by atoms with Gasteiger partial charge in [0.1, 0.15) is 11.7 Å². The molecule has 0 amide bonds. The molecule has 4 fully saturated rings. The molecule has 5 N–H and O–H groups in total. The third-order valence-corrected chi connectivity index (χ3v) is 9.55. The molecule has 0 heterocycles. The van der Waals surface area contributed by atoms with E-state index < -0.39 is 63.8 Å². The third-order valence-electron chi connectivity index (χ3n) is 9.55. The lowest BCUT2D eigenvalue weighted by Gasteiger charge is -2.51. The Morgan fingerprint density at radius 2 is 1.62 bits per heavy atom. The second kappa shape index (κ2) is 5.94. The molecule has 0 aliphatic heterocycles. The van der Waals surface area contributed by atoms with Crippen molar-refractivity contribution < 1.29 is 35.1 Å². The predicted octanol–water partition coefficient (Wildman–Crippen LogP) is 0.739. The summed E-state index contributed by atoms with van der Waals surface area (Å²) in [6.07, 6.45) is -0.972. The normalized spacial score (nSPS) is 58.3. The number of carbonyl (C=O) groups is 1. The molecule has 2 bridgehead atoms. The first kappa shape index (κ1) is 21.5. The van der Waals surface area contributed by atoms with Gasteiger partial charge in [-0.25, -0.2) is 0 Å². The van der Waals surface area contributed by atoms with Crippen molar-refractivity contribution in [1.29, 1.82) is 0 Å². The molecule has 0 saturated heterocycles. The molecule has 4 aliphatic carbocycles. The summed E-state index contributed by atoms with van der Waals surface area (Å²) in [5, 5.41) is 57.1. The Balaban J connectivity index is 1.93. The fourth-order valence-corrected chi connectivity index (χ4v) is 8.10. The van der Waals surface area contributed by atoms with Crippen LogP contribution in [-0.4, -0.2) is 66.6 Å². The average Bonchev–Trinajstić information content (AvgIpc) is 2.78. The minimum atomic E-state index is -1.67. The molecule has 0 unspecified atom stereocenters. The molecule has 0 aromatic rings. The first-order chi connectivity index (χ1) is 13.1. The second-order valence-corrected chi connectivity index (χ2v) is 11.3. The molecule has 0 aromatic heterocycles. The van der Waals surface area contributed by atoms with Crippen LogP contribution >= 0.6 is 0 Å². The summed E-state index contributed by atoms with van der Waals surface area (Å²) >= 11 is 0. The molecule has 1 spiro atoms. The van der Waals surface area contributed by atoms with Gasteiger partial charge in [-0.2, -0.15) is 0 Å². The Morgan fingerprint density at radius 1 is 1.00 bits per heavy atom. The van der Waals surface area contributed by atoms with Crippen molar-refractivity contribution in [3.8, 4) is 0 Å². The van der Waals surface area contributed by atoms with Gasteiger partial charge in [0.25, 0.3) is 0 Å². The highest BCUT2D eigenvalue weighted by Gasteiger charge is 2.77. The van der Waals surface area contributed by atoms with Crippen LogP contribution in [-0.2, 0) is 9.53 Å². The van der Waals surface area contributed by atoms with E-state index in [1.165, 1.54) is 6.92 Å². The van der Waals surface area contributed by atoms with Gasteiger partial charge in [-0.05, 0) is 51.9 Å². The van der Waals surface area contributed by atoms with Gasteiger partial charge >= 0.3 is 5.97 Å². The number of aliphatic hydroxyl groups is 5. The maximum Gasteiger partial charge on any atom is 0.303 e. The van der Waals surface area contributed by atoms with E-state index in [2.05, 4.69) is 0 Å². The van der Waals surface area contributed by atoms with E-state index in [0.29, 0.717) is 12.8 Å². The number of hydrogen-bond acceptors (Lipinski definition) is 7. The van der Waals surface area contributed by atoms with E-state index in [9.17, 15) is 30.3 Å². The monoisotopic (exact) mass is 412 g/mol. The summed E-state index contributed by atoms with van der Waals surface area (Å²) in [7, 11) is 0. The number of aliphatic hydroxyl groups excluding tert-OH is 2. The molecule has 7 heteroatoms. The van der Waals surface area contributed by atoms with Crippen molar-refractivity contribution in [2.24, 2.45) is 28.6 Å². The topological polar surface area (TPSA) is 127 Å². The molecule has 0 aromatic carbocycles. The summed E-state index contributed by atoms with van der Waals surface area (Å²) < 4.78 is 5.67. The molecule has 4 aliphatic rings. The fraction of sp³-hybridized carbons (Fsp3) is 0.955. The van der Waals surface area contributed by atoms with E-state index in [4.69, 9.17) is 4.74 Å². The molecular weight excluding hydrogens is 376 g/mol. The van der Waals surface area contributed by atoms with Crippen LogP contribution in [0.3, 0.4) is 0 Å². The average molecular weight is 413 g/mol. The lowest BCUT2D eigenvalue weighted by atomic mass is 9.57. The van der Waals surface area contributed by atoms with Crippen molar-refractivity contribution in [2.75, 3.05) is 0 Å². The van der Waals surface area contributed by atoms with Gasteiger partial charge in [-0.1, -0.05) is 13.8 Å².